The third kappa shape index (κ3) is 2.89. The quantitative estimate of drug-likeness (QED) is 0.567. The minimum atomic E-state index is -4.23. The number of benzene rings is 1. The summed E-state index contributed by atoms with van der Waals surface area (Å²) in [6.45, 7) is 0. The molecule has 0 spiro atoms. The van der Waals surface area contributed by atoms with Crippen LogP contribution in [-0.4, -0.2) is 19.0 Å². The van der Waals surface area contributed by atoms with Crippen LogP contribution < -0.4 is 11.1 Å². The Labute approximate surface area is 101 Å². The van der Waals surface area contributed by atoms with Gasteiger partial charge in [-0.25, -0.2) is 0 Å². The van der Waals surface area contributed by atoms with Gasteiger partial charge in [-0.1, -0.05) is 12.8 Å². The van der Waals surface area contributed by atoms with Crippen molar-refractivity contribution < 1.29 is 13.0 Å². The van der Waals surface area contributed by atoms with Gasteiger partial charge in [-0.2, -0.15) is 8.42 Å². The van der Waals surface area contributed by atoms with Crippen LogP contribution in [-0.2, 0) is 10.1 Å². The van der Waals surface area contributed by atoms with E-state index in [1.165, 1.54) is 18.9 Å². The van der Waals surface area contributed by atoms with Gasteiger partial charge in [0.2, 0.25) is 0 Å². The lowest BCUT2D eigenvalue weighted by atomic mass is 10.2. The molecule has 1 saturated carbocycles. The van der Waals surface area contributed by atoms with Gasteiger partial charge in [-0.15, -0.1) is 0 Å². The number of nitrogens with one attached hydrogen (secondary N) is 1. The molecule has 1 aliphatic carbocycles. The molecule has 0 aromatic heterocycles. The zero-order chi connectivity index (χ0) is 12.5. The van der Waals surface area contributed by atoms with Crippen LogP contribution >= 0.6 is 0 Å². The molecule has 17 heavy (non-hydrogen) atoms. The monoisotopic (exact) mass is 256 g/mol. The highest BCUT2D eigenvalue weighted by Gasteiger charge is 2.17. The molecule has 2 rings (SSSR count). The van der Waals surface area contributed by atoms with Gasteiger partial charge in [0.05, 0.1) is 5.69 Å². The standard InChI is InChI=1S/C11H16N2O3S/c12-10-7-9(13-8-3-1-2-4-8)5-6-11(10)17(14,15)16/h5-8,13H,1-4,12H2,(H,14,15,16). The lowest BCUT2D eigenvalue weighted by Gasteiger charge is -2.14. The number of nitrogens with two attached hydrogens (primary N) is 1. The fourth-order valence-electron chi connectivity index (χ4n) is 2.18. The van der Waals surface area contributed by atoms with E-state index >= 15 is 0 Å². The van der Waals surface area contributed by atoms with Crippen molar-refractivity contribution in [3.63, 3.8) is 0 Å². The first kappa shape index (κ1) is 12.2. The first-order chi connectivity index (χ1) is 7.97. The van der Waals surface area contributed by atoms with Crippen LogP contribution in [0.15, 0.2) is 23.1 Å². The summed E-state index contributed by atoms with van der Waals surface area (Å²) >= 11 is 0. The first-order valence-electron chi connectivity index (χ1n) is 5.60. The first-order valence-corrected chi connectivity index (χ1v) is 7.04. The molecule has 5 nitrogen and oxygen atoms in total. The second-order valence-corrected chi connectivity index (χ2v) is 5.74. The molecule has 0 heterocycles. The lowest BCUT2D eigenvalue weighted by Crippen LogP contribution is -2.15. The predicted octanol–water partition coefficient (Wildman–Crippen LogP) is 1.87. The van der Waals surface area contributed by atoms with Crippen LogP contribution in [0.4, 0.5) is 11.4 Å². The second-order valence-electron chi connectivity index (χ2n) is 4.35. The molecule has 94 valence electrons. The Morgan fingerprint density at radius 3 is 2.47 bits per heavy atom. The van der Waals surface area contributed by atoms with Crippen LogP contribution in [0, 0.1) is 0 Å². The average Bonchev–Trinajstić information content (AvgIpc) is 2.68. The number of hydrogen-bond donors (Lipinski definition) is 3. The Bertz CT molecular complexity index is 507. The molecule has 0 radical (unpaired) electrons. The summed E-state index contributed by atoms with van der Waals surface area (Å²) in [5.74, 6) is 0. The van der Waals surface area contributed by atoms with Crippen LogP contribution in [0.1, 0.15) is 25.7 Å². The summed E-state index contributed by atoms with van der Waals surface area (Å²) < 4.78 is 30.8. The van der Waals surface area contributed by atoms with Crippen LogP contribution in [0.2, 0.25) is 0 Å². The van der Waals surface area contributed by atoms with Gasteiger partial charge in [-0.3, -0.25) is 4.55 Å². The Balaban J connectivity index is 2.19. The Morgan fingerprint density at radius 2 is 1.94 bits per heavy atom. The van der Waals surface area contributed by atoms with Gasteiger partial charge in [0, 0.05) is 11.7 Å². The van der Waals surface area contributed by atoms with Crippen molar-refractivity contribution >= 4 is 21.5 Å². The molecule has 4 N–H and O–H groups in total. The number of anilines is 2. The number of nitrogen functional groups attached to an aromatic ring is 1. The fraction of sp³-hybridized carbons (Fsp3) is 0.455. The third-order valence-electron chi connectivity index (χ3n) is 3.01. The van der Waals surface area contributed by atoms with E-state index < -0.39 is 10.1 Å². The van der Waals surface area contributed by atoms with Gasteiger partial charge in [0.25, 0.3) is 10.1 Å². The van der Waals surface area contributed by atoms with Gasteiger partial charge in [0.15, 0.2) is 0 Å². The third-order valence-corrected chi connectivity index (χ3v) is 3.94. The molecule has 0 unspecified atom stereocenters. The highest BCUT2D eigenvalue weighted by Crippen LogP contribution is 2.26. The topological polar surface area (TPSA) is 92.4 Å². The van der Waals surface area contributed by atoms with Crippen LogP contribution in [0.25, 0.3) is 0 Å². The van der Waals surface area contributed by atoms with Gasteiger partial charge in [-0.05, 0) is 31.0 Å². The minimum Gasteiger partial charge on any atom is -0.398 e. The Kier molecular flexibility index (Phi) is 3.26. The van der Waals surface area contributed by atoms with Crippen molar-refractivity contribution in [3.8, 4) is 0 Å². The average molecular weight is 256 g/mol. The lowest BCUT2D eigenvalue weighted by molar-refractivity contribution is 0.483. The summed E-state index contributed by atoms with van der Waals surface area (Å²) in [6, 6.07) is 4.92. The normalized spacial score (nSPS) is 17.2. The molecule has 6 heteroatoms. The Hall–Kier alpha value is -1.27. The highest BCUT2D eigenvalue weighted by atomic mass is 32.2. The van der Waals surface area contributed by atoms with E-state index in [9.17, 15) is 8.42 Å². The largest absolute Gasteiger partial charge is 0.398 e. The van der Waals surface area contributed by atoms with Crippen molar-refractivity contribution in [2.45, 2.75) is 36.6 Å². The molecule has 1 aromatic rings. The van der Waals surface area contributed by atoms with Gasteiger partial charge in [0.1, 0.15) is 4.90 Å². The fourth-order valence-corrected chi connectivity index (χ4v) is 2.78. The molecule has 1 aliphatic rings. The molecule has 0 aliphatic heterocycles. The number of hydrogen-bond acceptors (Lipinski definition) is 4. The van der Waals surface area contributed by atoms with E-state index in [1.54, 1.807) is 12.1 Å². The van der Waals surface area contributed by atoms with Crippen LogP contribution in [0.5, 0.6) is 0 Å². The van der Waals surface area contributed by atoms with Crippen molar-refractivity contribution in [3.05, 3.63) is 18.2 Å². The van der Waals surface area contributed by atoms with Crippen molar-refractivity contribution in [1.29, 1.82) is 0 Å². The van der Waals surface area contributed by atoms with E-state index in [-0.39, 0.29) is 10.6 Å². The molecule has 1 aromatic carbocycles. The second kappa shape index (κ2) is 4.54. The summed E-state index contributed by atoms with van der Waals surface area (Å²) in [6.07, 6.45) is 4.69. The maximum atomic E-state index is 11.0. The molecule has 0 amide bonds. The van der Waals surface area contributed by atoms with Gasteiger partial charge < -0.3 is 11.1 Å². The van der Waals surface area contributed by atoms with Crippen molar-refractivity contribution in [2.24, 2.45) is 0 Å². The summed E-state index contributed by atoms with van der Waals surface area (Å²) in [4.78, 5) is -0.241. The van der Waals surface area contributed by atoms with E-state index in [4.69, 9.17) is 10.3 Å². The van der Waals surface area contributed by atoms with Crippen molar-refractivity contribution in [1.82, 2.24) is 0 Å². The molecule has 0 bridgehead atoms. The van der Waals surface area contributed by atoms with E-state index in [0.29, 0.717) is 6.04 Å². The zero-order valence-electron chi connectivity index (χ0n) is 9.39. The Morgan fingerprint density at radius 1 is 1.29 bits per heavy atom. The summed E-state index contributed by atoms with van der Waals surface area (Å²) in [5, 5.41) is 3.30. The van der Waals surface area contributed by atoms with Crippen molar-refractivity contribution in [2.75, 3.05) is 11.1 Å². The van der Waals surface area contributed by atoms with E-state index in [0.717, 1.165) is 18.5 Å². The van der Waals surface area contributed by atoms with E-state index in [2.05, 4.69) is 5.32 Å². The number of rotatable bonds is 3. The summed E-state index contributed by atoms with van der Waals surface area (Å²) in [5.41, 5.74) is 6.46. The molecule has 0 atom stereocenters. The zero-order valence-corrected chi connectivity index (χ0v) is 10.2. The predicted molar refractivity (Wildman–Crippen MR) is 66.5 cm³/mol. The maximum Gasteiger partial charge on any atom is 0.296 e. The molecular weight excluding hydrogens is 240 g/mol. The molecule has 0 saturated heterocycles. The molecular formula is C11H16N2O3S. The maximum absolute atomic E-state index is 11.0. The van der Waals surface area contributed by atoms with E-state index in [1.807, 2.05) is 0 Å². The van der Waals surface area contributed by atoms with Gasteiger partial charge >= 0.3 is 0 Å². The SMILES string of the molecule is Nc1cc(NC2CCCC2)ccc1S(=O)(=O)O. The smallest absolute Gasteiger partial charge is 0.296 e. The minimum absolute atomic E-state index is 0.0653. The molecule has 1 fully saturated rings. The highest BCUT2D eigenvalue weighted by molar-refractivity contribution is 7.86. The summed E-state index contributed by atoms with van der Waals surface area (Å²) in [7, 11) is -4.23. The van der Waals surface area contributed by atoms with Crippen LogP contribution in [0.3, 0.4) is 0 Å².